The van der Waals surface area contributed by atoms with E-state index in [-0.39, 0.29) is 11.3 Å². The first-order chi connectivity index (χ1) is 11.2. The second-order valence-corrected chi connectivity index (χ2v) is 7.61. The Kier molecular flexibility index (Phi) is 5.60. The lowest BCUT2D eigenvalue weighted by Gasteiger charge is -2.30. The lowest BCUT2D eigenvalue weighted by Crippen LogP contribution is -2.39. The Morgan fingerprint density at radius 2 is 2.17 bits per heavy atom. The molecule has 3 nitrogen and oxygen atoms in total. The van der Waals surface area contributed by atoms with Crippen molar-refractivity contribution in [1.82, 2.24) is 10.6 Å². The van der Waals surface area contributed by atoms with Crippen molar-refractivity contribution in [3.63, 3.8) is 0 Å². The molecule has 1 heterocycles. The second-order valence-electron chi connectivity index (χ2n) is 7.17. The van der Waals surface area contributed by atoms with Crippen molar-refractivity contribution in [3.8, 4) is 0 Å². The minimum Gasteiger partial charge on any atom is -0.355 e. The van der Waals surface area contributed by atoms with Gasteiger partial charge in [0.2, 0.25) is 5.91 Å². The smallest absolute Gasteiger partial charge is 0.220 e. The molecule has 0 radical (unpaired) electrons. The van der Waals surface area contributed by atoms with Crippen molar-refractivity contribution in [1.29, 1.82) is 0 Å². The molecule has 2 aliphatic rings. The van der Waals surface area contributed by atoms with Gasteiger partial charge in [-0.2, -0.15) is 0 Å². The van der Waals surface area contributed by atoms with Crippen molar-refractivity contribution in [2.24, 2.45) is 5.92 Å². The average Bonchev–Trinajstić information content (AvgIpc) is 3.23. The molecule has 1 atom stereocenters. The summed E-state index contributed by atoms with van der Waals surface area (Å²) in [6.45, 7) is 2.92. The van der Waals surface area contributed by atoms with E-state index in [2.05, 4.69) is 22.8 Å². The molecule has 1 saturated carbocycles. The fraction of sp³-hybridized carbons (Fsp3) is 0.632. The summed E-state index contributed by atoms with van der Waals surface area (Å²) in [7, 11) is 0. The molecule has 0 bridgehead atoms. The van der Waals surface area contributed by atoms with Crippen LogP contribution in [0.3, 0.4) is 0 Å². The Balaban J connectivity index is 1.56. The quantitative estimate of drug-likeness (QED) is 0.833. The Labute approximate surface area is 144 Å². The number of carbonyl (C=O) groups excluding carboxylic acids is 1. The molecule has 1 aromatic rings. The monoisotopic (exact) mass is 334 g/mol. The van der Waals surface area contributed by atoms with Crippen LogP contribution >= 0.6 is 11.6 Å². The Hall–Kier alpha value is -1.06. The number of amides is 1. The number of hydrogen-bond acceptors (Lipinski definition) is 2. The van der Waals surface area contributed by atoms with E-state index >= 15 is 0 Å². The summed E-state index contributed by atoms with van der Waals surface area (Å²) in [6.07, 6.45) is 7.60. The van der Waals surface area contributed by atoms with Crippen LogP contribution in [0.15, 0.2) is 24.3 Å². The number of rotatable bonds is 6. The maximum atomic E-state index is 12.2. The summed E-state index contributed by atoms with van der Waals surface area (Å²) in [4.78, 5) is 12.2. The van der Waals surface area contributed by atoms with Gasteiger partial charge < -0.3 is 10.6 Å². The third kappa shape index (κ3) is 4.27. The highest BCUT2D eigenvalue weighted by Gasteiger charge is 2.36. The van der Waals surface area contributed by atoms with E-state index in [9.17, 15) is 4.79 Å². The summed E-state index contributed by atoms with van der Waals surface area (Å²) in [5.41, 5.74) is 1.36. The fourth-order valence-corrected chi connectivity index (χ4v) is 4.28. The average molecular weight is 335 g/mol. The first-order valence-electron chi connectivity index (χ1n) is 8.91. The van der Waals surface area contributed by atoms with Crippen LogP contribution in [0.2, 0.25) is 5.02 Å². The highest BCUT2D eigenvalue weighted by Crippen LogP contribution is 2.41. The van der Waals surface area contributed by atoms with Crippen molar-refractivity contribution >= 4 is 17.5 Å². The minimum atomic E-state index is 0.0788. The zero-order chi connectivity index (χ0) is 16.1. The first-order valence-corrected chi connectivity index (χ1v) is 9.29. The van der Waals surface area contributed by atoms with Gasteiger partial charge in [-0.1, -0.05) is 36.6 Å². The molecule has 126 valence electrons. The van der Waals surface area contributed by atoms with Gasteiger partial charge in [-0.15, -0.1) is 0 Å². The van der Waals surface area contributed by atoms with Crippen LogP contribution in [0.25, 0.3) is 0 Å². The third-order valence-electron chi connectivity index (χ3n) is 5.56. The number of hydrogen-bond donors (Lipinski definition) is 2. The van der Waals surface area contributed by atoms with Crippen molar-refractivity contribution < 1.29 is 4.79 Å². The summed E-state index contributed by atoms with van der Waals surface area (Å²) in [6, 6.07) is 8.17. The molecule has 23 heavy (non-hydrogen) atoms. The highest BCUT2D eigenvalue weighted by molar-refractivity contribution is 6.30. The van der Waals surface area contributed by atoms with Gasteiger partial charge in [-0.25, -0.2) is 0 Å². The van der Waals surface area contributed by atoms with Crippen molar-refractivity contribution in [2.45, 2.75) is 50.4 Å². The first kappa shape index (κ1) is 16.8. The van der Waals surface area contributed by atoms with Gasteiger partial charge in [-0.05, 0) is 62.4 Å². The zero-order valence-corrected chi connectivity index (χ0v) is 14.5. The van der Waals surface area contributed by atoms with Crippen molar-refractivity contribution in [3.05, 3.63) is 34.9 Å². The molecule has 0 aromatic heterocycles. The molecule has 1 aromatic carbocycles. The van der Waals surface area contributed by atoms with E-state index in [1.807, 2.05) is 12.1 Å². The maximum Gasteiger partial charge on any atom is 0.220 e. The van der Waals surface area contributed by atoms with Crippen LogP contribution in [-0.4, -0.2) is 25.5 Å². The van der Waals surface area contributed by atoms with Gasteiger partial charge in [0.25, 0.3) is 0 Å². The lowest BCUT2D eigenvalue weighted by atomic mass is 9.79. The topological polar surface area (TPSA) is 41.1 Å². The Morgan fingerprint density at radius 3 is 2.87 bits per heavy atom. The Morgan fingerprint density at radius 1 is 1.35 bits per heavy atom. The molecular weight excluding hydrogens is 308 g/mol. The highest BCUT2D eigenvalue weighted by atomic mass is 35.5. The van der Waals surface area contributed by atoms with Gasteiger partial charge >= 0.3 is 0 Å². The molecule has 1 amide bonds. The molecule has 1 aliphatic heterocycles. The third-order valence-corrected chi connectivity index (χ3v) is 5.80. The molecule has 2 N–H and O–H groups in total. The van der Waals surface area contributed by atoms with Crippen LogP contribution in [0.5, 0.6) is 0 Å². The molecule has 1 aliphatic carbocycles. The predicted molar refractivity (Wildman–Crippen MR) is 94.8 cm³/mol. The molecule has 0 spiro atoms. The van der Waals surface area contributed by atoms with Crippen molar-refractivity contribution in [2.75, 3.05) is 19.6 Å². The number of nitrogens with one attached hydrogen (secondary N) is 2. The standard InChI is InChI=1S/C19H27ClN2O/c20-17-5-3-4-16(12-17)19(9-1-2-10-19)14-22-18(23)7-6-15-8-11-21-13-15/h3-5,12,15,21H,1-2,6-11,13-14H2,(H,22,23). The minimum absolute atomic E-state index is 0.0788. The van der Waals surface area contributed by atoms with Gasteiger partial charge in [0.15, 0.2) is 0 Å². The van der Waals surface area contributed by atoms with Gasteiger partial charge in [-0.3, -0.25) is 4.79 Å². The fourth-order valence-electron chi connectivity index (χ4n) is 4.09. The van der Waals surface area contributed by atoms with E-state index in [4.69, 9.17) is 11.6 Å². The summed E-state index contributed by atoms with van der Waals surface area (Å²) >= 11 is 6.18. The SMILES string of the molecule is O=C(CCC1CCNC1)NCC1(c2cccc(Cl)c2)CCCC1. The molecular formula is C19H27ClN2O. The van der Waals surface area contributed by atoms with E-state index in [0.717, 1.165) is 43.9 Å². The molecule has 1 saturated heterocycles. The summed E-state index contributed by atoms with van der Waals surface area (Å²) in [5, 5.41) is 7.35. The zero-order valence-electron chi connectivity index (χ0n) is 13.7. The molecule has 4 heteroatoms. The van der Waals surface area contributed by atoms with E-state index < -0.39 is 0 Å². The number of carbonyl (C=O) groups is 1. The van der Waals surface area contributed by atoms with Crippen LogP contribution < -0.4 is 10.6 Å². The normalized spacial score (nSPS) is 23.1. The molecule has 1 unspecified atom stereocenters. The van der Waals surface area contributed by atoms with Gasteiger partial charge in [0.1, 0.15) is 0 Å². The van der Waals surface area contributed by atoms with Gasteiger partial charge in [0.05, 0.1) is 0 Å². The van der Waals surface area contributed by atoms with Crippen LogP contribution in [0.1, 0.15) is 50.5 Å². The number of halogens is 1. The molecule has 3 rings (SSSR count). The van der Waals surface area contributed by atoms with E-state index in [0.29, 0.717) is 12.3 Å². The van der Waals surface area contributed by atoms with Crippen LogP contribution in [0, 0.1) is 5.92 Å². The lowest BCUT2D eigenvalue weighted by molar-refractivity contribution is -0.121. The summed E-state index contributed by atoms with van der Waals surface area (Å²) < 4.78 is 0. The Bertz CT molecular complexity index is 534. The largest absolute Gasteiger partial charge is 0.355 e. The van der Waals surface area contributed by atoms with Crippen LogP contribution in [-0.2, 0) is 10.2 Å². The van der Waals surface area contributed by atoms with Gasteiger partial charge in [0, 0.05) is 23.4 Å². The predicted octanol–water partition coefficient (Wildman–Crippen LogP) is 3.66. The maximum absolute atomic E-state index is 12.2. The number of benzene rings is 1. The summed E-state index contributed by atoms with van der Waals surface area (Å²) in [5.74, 6) is 0.874. The second kappa shape index (κ2) is 7.67. The molecule has 2 fully saturated rings. The van der Waals surface area contributed by atoms with Crippen LogP contribution in [0.4, 0.5) is 0 Å². The van der Waals surface area contributed by atoms with E-state index in [1.54, 1.807) is 0 Å². The van der Waals surface area contributed by atoms with E-state index in [1.165, 1.54) is 24.8 Å².